The molecule has 1 atom stereocenters. The standard InChI is InChI=1S/C11H12BrClO3/c1-6(16-7(2)14)10-9(13)5-4-8(12)11(10)15-3/h4-6H,1-3H3. The normalized spacial score (nSPS) is 12.1. The van der Waals surface area contributed by atoms with Crippen molar-refractivity contribution >= 4 is 33.5 Å². The first kappa shape index (κ1) is 13.3. The predicted molar refractivity (Wildman–Crippen MR) is 65.9 cm³/mol. The van der Waals surface area contributed by atoms with E-state index in [2.05, 4.69) is 15.9 Å². The van der Waals surface area contributed by atoms with E-state index in [1.165, 1.54) is 6.92 Å². The lowest BCUT2D eigenvalue weighted by Gasteiger charge is -2.18. The number of halogens is 2. The SMILES string of the molecule is COc1c(Br)ccc(Cl)c1C(C)OC(C)=O. The van der Waals surface area contributed by atoms with Gasteiger partial charge >= 0.3 is 5.97 Å². The monoisotopic (exact) mass is 306 g/mol. The molecule has 0 aromatic heterocycles. The number of hydrogen-bond donors (Lipinski definition) is 0. The molecule has 3 nitrogen and oxygen atoms in total. The third kappa shape index (κ3) is 2.89. The van der Waals surface area contributed by atoms with Gasteiger partial charge in [-0.05, 0) is 35.0 Å². The Morgan fingerprint density at radius 1 is 1.50 bits per heavy atom. The Kier molecular flexibility index (Phi) is 4.62. The first-order valence-electron chi connectivity index (χ1n) is 4.66. The molecule has 0 aliphatic carbocycles. The molecule has 0 fully saturated rings. The maximum atomic E-state index is 10.9. The highest BCUT2D eigenvalue weighted by atomic mass is 79.9. The summed E-state index contributed by atoms with van der Waals surface area (Å²) >= 11 is 9.42. The van der Waals surface area contributed by atoms with Gasteiger partial charge in [-0.1, -0.05) is 11.6 Å². The van der Waals surface area contributed by atoms with Gasteiger partial charge in [-0.25, -0.2) is 0 Å². The summed E-state index contributed by atoms with van der Waals surface area (Å²) in [4.78, 5) is 10.9. The molecule has 0 aliphatic rings. The van der Waals surface area contributed by atoms with E-state index in [0.29, 0.717) is 16.3 Å². The van der Waals surface area contributed by atoms with E-state index in [9.17, 15) is 4.79 Å². The molecular weight excluding hydrogens is 295 g/mol. The van der Waals surface area contributed by atoms with Crippen LogP contribution in [0.2, 0.25) is 5.02 Å². The zero-order valence-corrected chi connectivity index (χ0v) is 11.6. The van der Waals surface area contributed by atoms with Gasteiger partial charge in [-0.15, -0.1) is 0 Å². The smallest absolute Gasteiger partial charge is 0.303 e. The van der Waals surface area contributed by atoms with Crippen LogP contribution in [0.25, 0.3) is 0 Å². The van der Waals surface area contributed by atoms with E-state index in [-0.39, 0.29) is 5.97 Å². The fourth-order valence-corrected chi connectivity index (χ4v) is 2.25. The molecular formula is C11H12BrClO3. The zero-order valence-electron chi connectivity index (χ0n) is 9.21. The highest BCUT2D eigenvalue weighted by Gasteiger charge is 2.20. The van der Waals surface area contributed by atoms with Crippen molar-refractivity contribution in [2.75, 3.05) is 7.11 Å². The van der Waals surface area contributed by atoms with Crippen molar-refractivity contribution in [2.24, 2.45) is 0 Å². The summed E-state index contributed by atoms with van der Waals surface area (Å²) in [7, 11) is 1.54. The first-order valence-corrected chi connectivity index (χ1v) is 5.83. The number of hydrogen-bond acceptors (Lipinski definition) is 3. The first-order chi connectivity index (χ1) is 7.47. The molecule has 1 rings (SSSR count). The van der Waals surface area contributed by atoms with Crippen molar-refractivity contribution in [3.8, 4) is 5.75 Å². The van der Waals surface area contributed by atoms with E-state index >= 15 is 0 Å². The number of methoxy groups -OCH3 is 1. The summed E-state index contributed by atoms with van der Waals surface area (Å²) in [6, 6.07) is 3.51. The molecule has 5 heteroatoms. The molecule has 16 heavy (non-hydrogen) atoms. The van der Waals surface area contributed by atoms with Crippen LogP contribution >= 0.6 is 27.5 Å². The molecule has 0 saturated carbocycles. The van der Waals surface area contributed by atoms with Gasteiger partial charge in [-0.2, -0.15) is 0 Å². The van der Waals surface area contributed by atoms with Gasteiger partial charge in [0.2, 0.25) is 0 Å². The molecule has 0 spiro atoms. The van der Waals surface area contributed by atoms with Crippen LogP contribution in [0.15, 0.2) is 16.6 Å². The van der Waals surface area contributed by atoms with Crippen LogP contribution in [0.3, 0.4) is 0 Å². The number of rotatable bonds is 3. The lowest BCUT2D eigenvalue weighted by Crippen LogP contribution is -2.07. The fourth-order valence-electron chi connectivity index (χ4n) is 1.44. The van der Waals surface area contributed by atoms with Crippen molar-refractivity contribution < 1.29 is 14.3 Å². The van der Waals surface area contributed by atoms with Crippen LogP contribution in [0, 0.1) is 0 Å². The van der Waals surface area contributed by atoms with Crippen LogP contribution in [0.5, 0.6) is 5.75 Å². The highest BCUT2D eigenvalue weighted by Crippen LogP contribution is 2.39. The minimum absolute atomic E-state index is 0.356. The maximum absolute atomic E-state index is 10.9. The number of carbonyl (C=O) groups is 1. The summed E-state index contributed by atoms with van der Waals surface area (Å²) < 4.78 is 11.1. The Bertz CT molecular complexity index is 406. The number of ether oxygens (including phenoxy) is 2. The van der Waals surface area contributed by atoms with Gasteiger partial charge in [0.25, 0.3) is 0 Å². The third-order valence-electron chi connectivity index (χ3n) is 2.05. The van der Waals surface area contributed by atoms with E-state index < -0.39 is 6.10 Å². The van der Waals surface area contributed by atoms with Crippen LogP contribution in [0.1, 0.15) is 25.5 Å². The van der Waals surface area contributed by atoms with Crippen molar-refractivity contribution in [3.63, 3.8) is 0 Å². The van der Waals surface area contributed by atoms with Crippen LogP contribution in [-0.4, -0.2) is 13.1 Å². The van der Waals surface area contributed by atoms with Gasteiger partial charge in [0.15, 0.2) is 0 Å². The van der Waals surface area contributed by atoms with Crippen LogP contribution in [-0.2, 0) is 9.53 Å². The number of esters is 1. The summed E-state index contributed by atoms with van der Waals surface area (Å²) in [5, 5.41) is 0.508. The Balaban J connectivity index is 3.19. The summed E-state index contributed by atoms with van der Waals surface area (Å²) in [5.74, 6) is 0.229. The second-order valence-corrected chi connectivity index (χ2v) is 4.49. The molecule has 1 unspecified atom stereocenters. The summed E-state index contributed by atoms with van der Waals surface area (Å²) in [6.07, 6.45) is -0.447. The van der Waals surface area contributed by atoms with Gasteiger partial charge < -0.3 is 9.47 Å². The Hall–Kier alpha value is -0.740. The van der Waals surface area contributed by atoms with Gasteiger partial charge in [0.05, 0.1) is 22.2 Å². The second kappa shape index (κ2) is 5.55. The number of benzene rings is 1. The average molecular weight is 308 g/mol. The lowest BCUT2D eigenvalue weighted by molar-refractivity contribution is -0.145. The molecule has 0 aliphatic heterocycles. The quantitative estimate of drug-likeness (QED) is 0.798. The van der Waals surface area contributed by atoms with Crippen molar-refractivity contribution in [1.29, 1.82) is 0 Å². The minimum atomic E-state index is -0.447. The Morgan fingerprint density at radius 3 is 2.62 bits per heavy atom. The molecule has 88 valence electrons. The van der Waals surface area contributed by atoms with E-state index in [1.54, 1.807) is 26.2 Å². The van der Waals surface area contributed by atoms with Crippen molar-refractivity contribution in [1.82, 2.24) is 0 Å². The highest BCUT2D eigenvalue weighted by molar-refractivity contribution is 9.10. The molecule has 0 radical (unpaired) electrons. The Labute approximate surface area is 108 Å². The molecule has 0 N–H and O–H groups in total. The average Bonchev–Trinajstić information content (AvgIpc) is 2.19. The van der Waals surface area contributed by atoms with Gasteiger partial charge in [-0.3, -0.25) is 4.79 Å². The minimum Gasteiger partial charge on any atom is -0.495 e. The van der Waals surface area contributed by atoms with Crippen LogP contribution < -0.4 is 4.74 Å². The molecule has 1 aromatic carbocycles. The van der Waals surface area contributed by atoms with E-state index in [0.717, 1.165) is 4.47 Å². The fraction of sp³-hybridized carbons (Fsp3) is 0.364. The number of carbonyl (C=O) groups excluding carboxylic acids is 1. The molecule has 0 amide bonds. The lowest BCUT2D eigenvalue weighted by atomic mass is 10.1. The second-order valence-electron chi connectivity index (χ2n) is 3.23. The van der Waals surface area contributed by atoms with Crippen molar-refractivity contribution in [2.45, 2.75) is 20.0 Å². The Morgan fingerprint density at radius 2 is 2.12 bits per heavy atom. The predicted octanol–water partition coefficient (Wildman–Crippen LogP) is 3.74. The third-order valence-corrected chi connectivity index (χ3v) is 3.00. The maximum Gasteiger partial charge on any atom is 0.303 e. The largest absolute Gasteiger partial charge is 0.495 e. The zero-order chi connectivity index (χ0) is 12.3. The van der Waals surface area contributed by atoms with Crippen LogP contribution in [0.4, 0.5) is 0 Å². The van der Waals surface area contributed by atoms with E-state index in [4.69, 9.17) is 21.1 Å². The molecule has 0 bridgehead atoms. The molecule has 1 aromatic rings. The molecule has 0 saturated heterocycles. The molecule has 0 heterocycles. The van der Waals surface area contributed by atoms with Gasteiger partial charge in [0, 0.05) is 6.92 Å². The van der Waals surface area contributed by atoms with Gasteiger partial charge in [0.1, 0.15) is 11.9 Å². The topological polar surface area (TPSA) is 35.5 Å². The summed E-state index contributed by atoms with van der Waals surface area (Å²) in [6.45, 7) is 3.10. The summed E-state index contributed by atoms with van der Waals surface area (Å²) in [5.41, 5.74) is 0.661. The van der Waals surface area contributed by atoms with Crippen molar-refractivity contribution in [3.05, 3.63) is 27.2 Å². The van der Waals surface area contributed by atoms with E-state index in [1.807, 2.05) is 0 Å².